The molecule has 3 aliphatic rings. The molecule has 7 atom stereocenters. The van der Waals surface area contributed by atoms with Gasteiger partial charge in [-0.05, 0) is 38.8 Å². The first kappa shape index (κ1) is 26.1. The van der Waals surface area contributed by atoms with Gasteiger partial charge in [0.25, 0.3) is 5.91 Å². The Hall–Kier alpha value is -1.94. The van der Waals surface area contributed by atoms with Crippen molar-refractivity contribution in [3.05, 3.63) is 41.4 Å². The minimum atomic E-state index is -1.25. The predicted molar refractivity (Wildman–Crippen MR) is 134 cm³/mol. The van der Waals surface area contributed by atoms with Crippen LogP contribution >= 0.6 is 27.5 Å². The van der Waals surface area contributed by atoms with Gasteiger partial charge >= 0.3 is 5.97 Å². The summed E-state index contributed by atoms with van der Waals surface area (Å²) in [7, 11) is 0. The minimum Gasteiger partial charge on any atom is -0.466 e. The molecule has 35 heavy (non-hydrogen) atoms. The number of carbonyl (C=O) groups excluding carboxylic acids is 3. The number of aliphatic hydroxyl groups excluding tert-OH is 1. The van der Waals surface area contributed by atoms with E-state index in [0.29, 0.717) is 17.1 Å². The highest BCUT2D eigenvalue weighted by molar-refractivity contribution is 9.09. The summed E-state index contributed by atoms with van der Waals surface area (Å²) in [5.41, 5.74) is 0.0581. The lowest BCUT2D eigenvalue weighted by Crippen LogP contribution is -2.59. The second kappa shape index (κ2) is 9.84. The zero-order valence-corrected chi connectivity index (χ0v) is 22.3. The number of nitrogens with zero attached hydrogens (tertiary/aromatic N) is 2. The van der Waals surface area contributed by atoms with Crippen LogP contribution in [-0.2, 0) is 23.9 Å². The van der Waals surface area contributed by atoms with Gasteiger partial charge in [0.05, 0.1) is 47.9 Å². The fourth-order valence-corrected chi connectivity index (χ4v) is 7.22. The average molecular weight is 570 g/mol. The van der Waals surface area contributed by atoms with E-state index in [9.17, 15) is 19.5 Å². The lowest BCUT2D eigenvalue weighted by Gasteiger charge is -2.39. The van der Waals surface area contributed by atoms with Crippen LogP contribution in [0.2, 0.25) is 5.02 Å². The number of amides is 2. The van der Waals surface area contributed by atoms with Gasteiger partial charge in [0, 0.05) is 11.4 Å². The molecule has 0 saturated carbocycles. The van der Waals surface area contributed by atoms with Crippen molar-refractivity contribution in [3.63, 3.8) is 0 Å². The molecule has 3 aliphatic heterocycles. The molecule has 2 amide bonds. The number of esters is 1. The largest absolute Gasteiger partial charge is 0.466 e. The summed E-state index contributed by atoms with van der Waals surface area (Å²) in [6.45, 7) is 9.00. The monoisotopic (exact) mass is 568 g/mol. The van der Waals surface area contributed by atoms with Gasteiger partial charge in [0.2, 0.25) is 5.91 Å². The zero-order valence-electron chi connectivity index (χ0n) is 19.9. The van der Waals surface area contributed by atoms with Gasteiger partial charge in [-0.15, -0.1) is 6.58 Å². The molecule has 190 valence electrons. The van der Waals surface area contributed by atoms with Crippen LogP contribution in [0, 0.1) is 18.8 Å². The number of rotatable bonds is 8. The number of likely N-dealkylation sites (tertiary alicyclic amines) is 1. The Morgan fingerprint density at radius 3 is 2.80 bits per heavy atom. The van der Waals surface area contributed by atoms with Crippen LogP contribution in [0.15, 0.2) is 30.9 Å². The average Bonchev–Trinajstić information content (AvgIpc) is 3.41. The molecular weight excluding hydrogens is 540 g/mol. The van der Waals surface area contributed by atoms with E-state index in [1.165, 1.54) is 9.80 Å². The summed E-state index contributed by atoms with van der Waals surface area (Å²) in [4.78, 5) is 43.9. The van der Waals surface area contributed by atoms with Gasteiger partial charge in [-0.25, -0.2) is 0 Å². The highest BCUT2D eigenvalue weighted by Crippen LogP contribution is 2.60. The Bertz CT molecular complexity index is 1030. The van der Waals surface area contributed by atoms with Crippen LogP contribution in [0.25, 0.3) is 0 Å². The lowest BCUT2D eigenvalue weighted by atomic mass is 9.70. The van der Waals surface area contributed by atoms with E-state index in [2.05, 4.69) is 22.5 Å². The van der Waals surface area contributed by atoms with Crippen molar-refractivity contribution in [2.24, 2.45) is 11.8 Å². The summed E-state index contributed by atoms with van der Waals surface area (Å²) >= 11 is 10.1. The first-order chi connectivity index (χ1) is 16.6. The van der Waals surface area contributed by atoms with Crippen molar-refractivity contribution in [1.29, 1.82) is 0 Å². The quantitative estimate of drug-likeness (QED) is 0.294. The molecule has 0 aromatic heterocycles. The Morgan fingerprint density at radius 2 is 2.20 bits per heavy atom. The summed E-state index contributed by atoms with van der Waals surface area (Å²) in [5.74, 6) is -3.04. The van der Waals surface area contributed by atoms with Crippen LogP contribution in [0.5, 0.6) is 0 Å². The fraction of sp³-hybridized carbons (Fsp3) is 0.560. The maximum absolute atomic E-state index is 14.4. The zero-order chi connectivity index (χ0) is 25.7. The molecule has 8 nitrogen and oxygen atoms in total. The van der Waals surface area contributed by atoms with Gasteiger partial charge < -0.3 is 24.4 Å². The number of hydrogen-bond donors (Lipinski definition) is 1. The molecule has 4 rings (SSSR count). The highest BCUT2D eigenvalue weighted by Gasteiger charge is 2.77. The van der Waals surface area contributed by atoms with Crippen molar-refractivity contribution >= 4 is 51.0 Å². The standard InChI is InChI=1S/C25H30BrClN2O6/c1-5-10-28(19-13(3)8-7-9-16(19)27)23(32)21-25-11-15(26)20(35-25)17(24(33)34-6-2)18(25)22(31)29(21)14(4)12-30/h5,7-9,14-15,17-18,20-21,30H,1,6,10-12H2,2-4H3/t14-,15?,17-,18+,20-,21?,25?/m1/s1. The molecule has 3 unspecified atom stereocenters. The SMILES string of the molecule is C=CCN(C(=O)C1N([C@H](C)CO)C(=O)[C@@H]2[C@@H](C(=O)OCC)[C@@H]3OC12CC3Br)c1c(C)cccc1Cl. The molecule has 0 radical (unpaired) electrons. The van der Waals surface area contributed by atoms with Crippen molar-refractivity contribution in [2.75, 3.05) is 24.7 Å². The van der Waals surface area contributed by atoms with E-state index < -0.39 is 47.5 Å². The molecule has 1 spiro atoms. The van der Waals surface area contributed by atoms with E-state index in [0.717, 1.165) is 5.56 Å². The maximum Gasteiger partial charge on any atom is 0.312 e. The fourth-order valence-electron chi connectivity index (χ4n) is 5.95. The molecule has 2 bridgehead atoms. The number of benzene rings is 1. The number of aryl methyl sites for hydroxylation is 1. The minimum absolute atomic E-state index is 0.151. The van der Waals surface area contributed by atoms with E-state index >= 15 is 0 Å². The van der Waals surface area contributed by atoms with E-state index in [1.54, 1.807) is 32.1 Å². The summed E-state index contributed by atoms with van der Waals surface area (Å²) in [5, 5.41) is 10.4. The number of ether oxygens (including phenoxy) is 2. The number of fused-ring (bicyclic) bond motifs is 1. The first-order valence-corrected chi connectivity index (χ1v) is 13.0. The smallest absolute Gasteiger partial charge is 0.312 e. The number of halogens is 2. The number of aliphatic hydroxyl groups is 1. The third kappa shape index (κ3) is 3.91. The van der Waals surface area contributed by atoms with Gasteiger partial charge in [-0.1, -0.05) is 45.7 Å². The normalized spacial score (nSPS) is 31.9. The van der Waals surface area contributed by atoms with Crippen LogP contribution < -0.4 is 4.90 Å². The molecule has 1 N–H and O–H groups in total. The maximum atomic E-state index is 14.4. The summed E-state index contributed by atoms with van der Waals surface area (Å²) in [6, 6.07) is 3.61. The third-order valence-electron chi connectivity index (χ3n) is 7.29. The number of carbonyl (C=O) groups is 3. The summed E-state index contributed by atoms with van der Waals surface area (Å²) in [6.07, 6.45) is 1.35. The molecular formula is C25H30BrClN2O6. The highest BCUT2D eigenvalue weighted by atomic mass is 79.9. The van der Waals surface area contributed by atoms with E-state index in [1.807, 2.05) is 13.0 Å². The van der Waals surface area contributed by atoms with Crippen molar-refractivity contribution in [1.82, 2.24) is 4.90 Å². The first-order valence-electron chi connectivity index (χ1n) is 11.7. The third-order valence-corrected chi connectivity index (χ3v) is 8.44. The second-order valence-electron chi connectivity index (χ2n) is 9.34. The lowest BCUT2D eigenvalue weighted by molar-refractivity contribution is -0.155. The van der Waals surface area contributed by atoms with Gasteiger partial charge in [-0.3, -0.25) is 14.4 Å². The molecule has 0 aliphatic carbocycles. The van der Waals surface area contributed by atoms with Gasteiger partial charge in [0.15, 0.2) is 0 Å². The molecule has 1 aromatic carbocycles. The molecule has 3 heterocycles. The van der Waals surface area contributed by atoms with E-state index in [4.69, 9.17) is 21.1 Å². The molecule has 1 aromatic rings. The van der Waals surface area contributed by atoms with Crippen molar-refractivity contribution in [3.8, 4) is 0 Å². The van der Waals surface area contributed by atoms with Crippen LogP contribution in [0.4, 0.5) is 5.69 Å². The Labute approximate surface area is 218 Å². The number of para-hydroxylation sites is 1. The molecule has 3 saturated heterocycles. The van der Waals surface area contributed by atoms with E-state index in [-0.39, 0.29) is 30.5 Å². The van der Waals surface area contributed by atoms with Gasteiger partial charge in [0.1, 0.15) is 11.6 Å². The Kier molecular flexibility index (Phi) is 7.35. The summed E-state index contributed by atoms with van der Waals surface area (Å²) < 4.78 is 11.7. The van der Waals surface area contributed by atoms with Crippen molar-refractivity contribution in [2.45, 2.75) is 55.8 Å². The number of hydrogen-bond acceptors (Lipinski definition) is 6. The topological polar surface area (TPSA) is 96.4 Å². The number of anilines is 1. The van der Waals surface area contributed by atoms with Gasteiger partial charge in [-0.2, -0.15) is 0 Å². The molecule has 10 heteroatoms. The van der Waals surface area contributed by atoms with Crippen molar-refractivity contribution < 1.29 is 29.0 Å². The number of alkyl halides is 1. The Balaban J connectivity index is 1.86. The van der Waals surface area contributed by atoms with Crippen LogP contribution in [0.3, 0.4) is 0 Å². The Morgan fingerprint density at radius 1 is 1.49 bits per heavy atom. The predicted octanol–water partition coefficient (Wildman–Crippen LogP) is 2.86. The van der Waals surface area contributed by atoms with Crippen LogP contribution in [0.1, 0.15) is 25.8 Å². The molecule has 3 fully saturated rings. The van der Waals surface area contributed by atoms with Crippen LogP contribution in [-0.4, -0.2) is 76.2 Å². The second-order valence-corrected chi connectivity index (χ2v) is 10.9.